The number of methoxy groups -OCH3 is 1. The molecule has 0 amide bonds. The molecule has 230 valence electrons. The minimum Gasteiger partial charge on any atom is -0.469 e. The fourth-order valence-electron chi connectivity index (χ4n) is 6.58. The molecule has 1 saturated heterocycles. The zero-order valence-corrected chi connectivity index (χ0v) is 27.8. The number of esters is 1. The molecular weight excluding hydrogens is 558 g/mol. The first-order chi connectivity index (χ1) is 20.4. The molecule has 1 aliphatic carbocycles. The van der Waals surface area contributed by atoms with E-state index in [2.05, 4.69) is 60.5 Å². The molecule has 1 aliphatic heterocycles. The first-order valence-electron chi connectivity index (χ1n) is 15.8. The summed E-state index contributed by atoms with van der Waals surface area (Å²) in [5.41, 5.74) is 4.11. The number of alkyl halides is 3. The van der Waals surface area contributed by atoms with Crippen LogP contribution in [0.15, 0.2) is 41.6 Å². The van der Waals surface area contributed by atoms with Crippen LogP contribution >= 0.6 is 0 Å². The summed E-state index contributed by atoms with van der Waals surface area (Å²) in [7, 11) is 13.6. The average molecular weight is 602 g/mol. The smallest absolute Gasteiger partial charge is 0.416 e. The van der Waals surface area contributed by atoms with Crippen molar-refractivity contribution in [1.82, 2.24) is 4.90 Å². The summed E-state index contributed by atoms with van der Waals surface area (Å²) in [5, 5.41) is 2.87. The fourth-order valence-corrected chi connectivity index (χ4v) is 6.58. The van der Waals surface area contributed by atoms with Gasteiger partial charge in [0.05, 0.1) is 29.7 Å². The Kier molecular flexibility index (Phi) is 9.95. The Morgan fingerprint density at radius 1 is 0.909 bits per heavy atom. The van der Waals surface area contributed by atoms with E-state index in [1.165, 1.54) is 18.7 Å². The van der Waals surface area contributed by atoms with Gasteiger partial charge in [0.2, 0.25) is 0 Å². The van der Waals surface area contributed by atoms with Crippen LogP contribution < -0.4 is 0 Å². The number of nitrogens with zero attached hydrogens (tertiary/aromatic N) is 2. The summed E-state index contributed by atoms with van der Waals surface area (Å²) in [4.78, 5) is 20.3. The minimum absolute atomic E-state index is 0.0564. The molecule has 0 atom stereocenters. The zero-order chi connectivity index (χ0) is 32.7. The van der Waals surface area contributed by atoms with Crippen molar-refractivity contribution in [3.05, 3.63) is 69.8 Å². The number of carbonyl (C=O) groups excluding carboxylic acids is 1. The highest BCUT2D eigenvalue weighted by molar-refractivity contribution is 6.42. The lowest BCUT2D eigenvalue weighted by Crippen LogP contribution is -2.61. The standard InChI is InChI=1S/C30H43B6F3N2O3/c1-17(19-9-12-23(25(13-19)27(2,31)32)28(33,34)41-15-20(16-41)26(42)43-3)40-44-29(35,36)21-10-11-22(18-7-5-4-6-8-18)24(14-21)30(37,38)39/h9-14,18,20H,4-8,15-16,31-36H2,1-3H3/b40-17+. The Bertz CT molecular complexity index is 1400. The van der Waals surface area contributed by atoms with Gasteiger partial charge in [-0.1, -0.05) is 72.5 Å². The molecule has 1 heterocycles. The predicted molar refractivity (Wildman–Crippen MR) is 186 cm³/mol. The van der Waals surface area contributed by atoms with Crippen LogP contribution in [0.25, 0.3) is 0 Å². The van der Waals surface area contributed by atoms with Crippen LogP contribution in [0.2, 0.25) is 0 Å². The maximum Gasteiger partial charge on any atom is 0.416 e. The Morgan fingerprint density at radius 3 is 2.11 bits per heavy atom. The van der Waals surface area contributed by atoms with E-state index in [1.54, 1.807) is 27.8 Å². The minimum atomic E-state index is -4.44. The Balaban J connectivity index is 1.59. The van der Waals surface area contributed by atoms with Crippen LogP contribution in [0.5, 0.6) is 0 Å². The highest BCUT2D eigenvalue weighted by Crippen LogP contribution is 2.42. The number of benzene rings is 2. The molecule has 1 saturated carbocycles. The molecule has 0 bridgehead atoms. The average Bonchev–Trinajstić information content (AvgIpc) is 2.93. The largest absolute Gasteiger partial charge is 0.469 e. The quantitative estimate of drug-likeness (QED) is 0.182. The van der Waals surface area contributed by atoms with Crippen molar-refractivity contribution in [2.45, 2.75) is 74.0 Å². The second-order valence-electron chi connectivity index (χ2n) is 14.6. The van der Waals surface area contributed by atoms with Gasteiger partial charge in [-0.15, -0.1) is 0 Å². The van der Waals surface area contributed by atoms with Crippen molar-refractivity contribution in [3.8, 4) is 0 Å². The third kappa shape index (κ3) is 7.32. The molecule has 14 heteroatoms. The SMILES string of the molecule is BC(B)(C)c1cc(/C(C)=N/OC(B)(B)c2ccc(C3CCCCC3)c(C(F)(F)F)c2)ccc1C(B)(B)N1CC(C(=O)OC)C1. The van der Waals surface area contributed by atoms with Gasteiger partial charge >= 0.3 is 12.1 Å². The van der Waals surface area contributed by atoms with Gasteiger partial charge < -0.3 is 14.5 Å². The van der Waals surface area contributed by atoms with E-state index in [0.717, 1.165) is 43.2 Å². The zero-order valence-electron chi connectivity index (χ0n) is 27.8. The number of carbonyl (C=O) groups is 1. The van der Waals surface area contributed by atoms with Gasteiger partial charge in [-0.05, 0) is 59.3 Å². The van der Waals surface area contributed by atoms with Crippen LogP contribution in [0, 0.1) is 5.92 Å². The molecule has 0 unspecified atom stereocenters. The topological polar surface area (TPSA) is 51.1 Å². The third-order valence-electron chi connectivity index (χ3n) is 9.62. The predicted octanol–water partition coefficient (Wildman–Crippen LogP) is 0.491. The van der Waals surface area contributed by atoms with Gasteiger partial charge in [0.15, 0.2) is 15.7 Å². The van der Waals surface area contributed by atoms with Crippen molar-refractivity contribution in [1.29, 1.82) is 0 Å². The van der Waals surface area contributed by atoms with Crippen molar-refractivity contribution < 1.29 is 27.5 Å². The summed E-state index contributed by atoms with van der Waals surface area (Å²) < 4.78 is 47.6. The highest BCUT2D eigenvalue weighted by atomic mass is 19.4. The van der Waals surface area contributed by atoms with Crippen LogP contribution in [0.4, 0.5) is 13.2 Å². The second kappa shape index (κ2) is 12.7. The van der Waals surface area contributed by atoms with Gasteiger partial charge in [0.1, 0.15) is 31.4 Å². The molecular formula is C30H43B6F3N2O3. The molecule has 0 aromatic heterocycles. The monoisotopic (exact) mass is 602 g/mol. The first kappa shape index (κ1) is 34.4. The lowest BCUT2D eigenvalue weighted by molar-refractivity contribution is -0.152. The lowest BCUT2D eigenvalue weighted by atomic mass is 9.47. The molecule has 2 aliphatic rings. The van der Waals surface area contributed by atoms with Crippen molar-refractivity contribution in [2.24, 2.45) is 11.1 Å². The molecule has 0 radical (unpaired) electrons. The molecule has 2 aromatic rings. The Morgan fingerprint density at radius 2 is 1.55 bits per heavy atom. The van der Waals surface area contributed by atoms with Gasteiger partial charge in [0, 0.05) is 13.1 Å². The molecule has 4 rings (SSSR count). The lowest BCUT2D eigenvalue weighted by Gasteiger charge is -2.50. The third-order valence-corrected chi connectivity index (χ3v) is 9.62. The maximum absolute atomic E-state index is 14.2. The molecule has 44 heavy (non-hydrogen) atoms. The number of halogens is 3. The first-order valence-corrected chi connectivity index (χ1v) is 15.8. The molecule has 0 spiro atoms. The molecule has 2 aromatic carbocycles. The Hall–Kier alpha value is -2.48. The van der Waals surface area contributed by atoms with Crippen LogP contribution in [-0.2, 0) is 36.5 Å². The molecule has 2 fully saturated rings. The van der Waals surface area contributed by atoms with Gasteiger partial charge in [-0.25, -0.2) is 0 Å². The number of ether oxygens (including phenoxy) is 1. The maximum atomic E-state index is 14.2. The van der Waals surface area contributed by atoms with E-state index in [9.17, 15) is 18.0 Å². The molecule has 0 N–H and O–H groups in total. The number of likely N-dealkylation sites (tertiary alicyclic amines) is 1. The molecule has 5 nitrogen and oxygen atoms in total. The van der Waals surface area contributed by atoms with Crippen LogP contribution in [-0.4, -0.2) is 83.9 Å². The highest BCUT2D eigenvalue weighted by Gasteiger charge is 2.43. The van der Waals surface area contributed by atoms with Crippen molar-refractivity contribution >= 4 is 58.8 Å². The van der Waals surface area contributed by atoms with Gasteiger partial charge in [-0.3, -0.25) is 4.79 Å². The van der Waals surface area contributed by atoms with E-state index in [0.29, 0.717) is 29.9 Å². The summed E-state index contributed by atoms with van der Waals surface area (Å²) >= 11 is 0. The van der Waals surface area contributed by atoms with Crippen molar-refractivity contribution in [2.75, 3.05) is 20.2 Å². The van der Waals surface area contributed by atoms with E-state index in [-0.39, 0.29) is 28.4 Å². The van der Waals surface area contributed by atoms with Gasteiger partial charge in [-0.2, -0.15) is 13.2 Å². The summed E-state index contributed by atoms with van der Waals surface area (Å²) in [6.45, 7) is 5.31. The summed E-state index contributed by atoms with van der Waals surface area (Å²) in [5.74, 6) is -0.339. The number of rotatable bonds is 9. The Labute approximate surface area is 265 Å². The normalized spacial score (nSPS) is 18.1. The summed E-state index contributed by atoms with van der Waals surface area (Å²) in [6, 6.07) is 10.9. The van der Waals surface area contributed by atoms with E-state index in [1.807, 2.05) is 13.0 Å². The fraction of sp³-hybridized carbons (Fsp3) is 0.533. The number of hydrogen-bond donors (Lipinski definition) is 0. The van der Waals surface area contributed by atoms with E-state index in [4.69, 9.17) is 9.57 Å². The number of oxime groups is 1. The van der Waals surface area contributed by atoms with E-state index >= 15 is 0 Å². The van der Waals surface area contributed by atoms with Gasteiger partial charge in [0.25, 0.3) is 0 Å². The number of hydrogen-bond acceptors (Lipinski definition) is 5. The van der Waals surface area contributed by atoms with E-state index < -0.39 is 17.1 Å². The van der Waals surface area contributed by atoms with Crippen LogP contribution in [0.1, 0.15) is 85.3 Å². The summed E-state index contributed by atoms with van der Waals surface area (Å²) in [6.07, 6.45) is 0.176. The second-order valence-corrected chi connectivity index (χ2v) is 14.6. The van der Waals surface area contributed by atoms with Crippen LogP contribution in [0.3, 0.4) is 0 Å². The van der Waals surface area contributed by atoms with Crippen molar-refractivity contribution in [3.63, 3.8) is 0 Å².